The summed E-state index contributed by atoms with van der Waals surface area (Å²) in [6, 6.07) is 30.1. The van der Waals surface area contributed by atoms with Crippen LogP contribution in [0.15, 0.2) is 91.0 Å². The molecule has 4 nitrogen and oxygen atoms in total. The number of hydrogen-bond donors (Lipinski definition) is 0. The van der Waals surface area contributed by atoms with Gasteiger partial charge in [0.1, 0.15) is 0 Å². The minimum atomic E-state index is 0.492. The zero-order valence-corrected chi connectivity index (χ0v) is 16.9. The third-order valence-electron chi connectivity index (χ3n) is 4.93. The normalized spacial score (nSPS) is 10.3. The summed E-state index contributed by atoms with van der Waals surface area (Å²) in [5.41, 5.74) is 6.73. The number of aromatic nitrogens is 1. The van der Waals surface area contributed by atoms with Gasteiger partial charge >= 0.3 is 0 Å². The Balaban J connectivity index is 1.89. The van der Waals surface area contributed by atoms with Crippen molar-refractivity contribution in [3.8, 4) is 45.6 Å². The summed E-state index contributed by atoms with van der Waals surface area (Å²) in [6.07, 6.45) is 1.77. The number of nitrogens with zero attached hydrogens (tertiary/aromatic N) is 3. The summed E-state index contributed by atoms with van der Waals surface area (Å²) in [5.74, 6) is 0.492. The van der Waals surface area contributed by atoms with Crippen molar-refractivity contribution < 1.29 is 4.74 Å². The summed E-state index contributed by atoms with van der Waals surface area (Å²) >= 11 is 0. The van der Waals surface area contributed by atoms with E-state index in [1.807, 2.05) is 68.7 Å². The van der Waals surface area contributed by atoms with Crippen LogP contribution in [0.1, 0.15) is 0 Å². The lowest BCUT2D eigenvalue weighted by Gasteiger charge is -2.14. The van der Waals surface area contributed by atoms with Gasteiger partial charge < -0.3 is 9.64 Å². The third-order valence-corrected chi connectivity index (χ3v) is 4.93. The van der Waals surface area contributed by atoms with Gasteiger partial charge in [0.05, 0.1) is 11.4 Å². The molecule has 0 radical (unpaired) electrons. The van der Waals surface area contributed by atoms with Crippen molar-refractivity contribution in [2.75, 3.05) is 19.0 Å². The van der Waals surface area contributed by atoms with Crippen molar-refractivity contribution in [3.63, 3.8) is 0 Å². The molecule has 1 aromatic heterocycles. The van der Waals surface area contributed by atoms with Gasteiger partial charge in [0, 0.05) is 30.9 Å². The Morgan fingerprint density at radius 1 is 0.733 bits per heavy atom. The second-order valence-electron chi connectivity index (χ2n) is 7.12. The van der Waals surface area contributed by atoms with E-state index in [2.05, 4.69) is 35.2 Å². The topological polar surface area (TPSA) is 49.2 Å². The molecule has 0 atom stereocenters. The molecule has 1 heterocycles. The number of anilines is 1. The predicted octanol–water partition coefficient (Wildman–Crippen LogP) is 6.01. The number of rotatable bonds is 5. The highest BCUT2D eigenvalue weighted by Crippen LogP contribution is 2.34. The number of pyridine rings is 1. The van der Waals surface area contributed by atoms with Crippen LogP contribution in [0.3, 0.4) is 0 Å². The van der Waals surface area contributed by atoms with E-state index in [0.717, 1.165) is 39.3 Å². The molecule has 4 aromatic rings. The fourth-order valence-electron chi connectivity index (χ4n) is 3.36. The smallest absolute Gasteiger partial charge is 0.292 e. The van der Waals surface area contributed by atoms with E-state index in [4.69, 9.17) is 15.0 Å². The van der Waals surface area contributed by atoms with E-state index >= 15 is 0 Å². The Kier molecular flexibility index (Phi) is 5.45. The van der Waals surface area contributed by atoms with Crippen molar-refractivity contribution in [1.82, 2.24) is 4.98 Å². The first kappa shape index (κ1) is 19.2. The van der Waals surface area contributed by atoms with E-state index in [-0.39, 0.29) is 0 Å². The molecular weight excluding hydrogens is 370 g/mol. The first-order valence-corrected chi connectivity index (χ1v) is 9.66. The lowest BCUT2D eigenvalue weighted by molar-refractivity contribution is 0.509. The molecule has 0 N–H and O–H groups in total. The zero-order valence-electron chi connectivity index (χ0n) is 16.9. The molecule has 0 amide bonds. The predicted molar refractivity (Wildman–Crippen MR) is 121 cm³/mol. The van der Waals surface area contributed by atoms with Crippen LogP contribution in [0.4, 0.5) is 5.69 Å². The van der Waals surface area contributed by atoms with E-state index in [9.17, 15) is 0 Å². The van der Waals surface area contributed by atoms with E-state index in [1.165, 1.54) is 0 Å². The van der Waals surface area contributed by atoms with Crippen LogP contribution in [0.5, 0.6) is 5.75 Å². The van der Waals surface area contributed by atoms with Crippen molar-refractivity contribution >= 4 is 5.69 Å². The molecule has 4 heteroatoms. The number of benzene rings is 3. The van der Waals surface area contributed by atoms with E-state index in [0.29, 0.717) is 5.75 Å². The second-order valence-corrected chi connectivity index (χ2v) is 7.12. The molecule has 4 rings (SSSR count). The Hall–Kier alpha value is -4.10. The Morgan fingerprint density at radius 2 is 1.40 bits per heavy atom. The second kappa shape index (κ2) is 8.50. The summed E-state index contributed by atoms with van der Waals surface area (Å²) in [5, 5.41) is 9.03. The maximum absolute atomic E-state index is 9.03. The van der Waals surface area contributed by atoms with E-state index < -0.39 is 0 Å². The highest BCUT2D eigenvalue weighted by molar-refractivity contribution is 5.79. The molecule has 0 aliphatic carbocycles. The quantitative estimate of drug-likeness (QED) is 0.391. The number of hydrogen-bond acceptors (Lipinski definition) is 4. The number of nitriles is 1. The molecule has 0 saturated heterocycles. The molecule has 30 heavy (non-hydrogen) atoms. The average molecular weight is 391 g/mol. The standard InChI is InChI=1S/C26H21N3O/c1-29(2)22-14-12-19(13-15-22)21-16-24(20-8-4-3-5-9-20)28-25(17-21)23-10-6-7-11-26(23)30-18-27/h3-17H,1-2H3. The van der Waals surface area contributed by atoms with Crippen LogP contribution in [0, 0.1) is 11.5 Å². The average Bonchev–Trinajstić information content (AvgIpc) is 2.80. The van der Waals surface area contributed by atoms with Crippen molar-refractivity contribution in [1.29, 1.82) is 5.26 Å². The zero-order chi connectivity index (χ0) is 20.9. The molecule has 0 fully saturated rings. The van der Waals surface area contributed by atoms with Crippen LogP contribution in [0.2, 0.25) is 0 Å². The van der Waals surface area contributed by atoms with Crippen molar-refractivity contribution in [2.45, 2.75) is 0 Å². The molecule has 0 unspecified atom stereocenters. The van der Waals surface area contributed by atoms with Gasteiger partial charge in [0.15, 0.2) is 5.75 Å². The third kappa shape index (κ3) is 4.01. The first-order valence-electron chi connectivity index (χ1n) is 9.66. The number of ether oxygens (including phenoxy) is 1. The molecule has 0 saturated carbocycles. The molecular formula is C26H21N3O. The summed E-state index contributed by atoms with van der Waals surface area (Å²) < 4.78 is 5.18. The van der Waals surface area contributed by atoms with Gasteiger partial charge in [0.25, 0.3) is 6.26 Å². The summed E-state index contributed by atoms with van der Waals surface area (Å²) in [4.78, 5) is 6.97. The van der Waals surface area contributed by atoms with Gasteiger partial charge in [0.2, 0.25) is 0 Å². The van der Waals surface area contributed by atoms with Crippen molar-refractivity contribution in [2.24, 2.45) is 0 Å². The molecule has 0 spiro atoms. The highest BCUT2D eigenvalue weighted by Gasteiger charge is 2.12. The Morgan fingerprint density at radius 3 is 2.10 bits per heavy atom. The van der Waals surface area contributed by atoms with Crippen LogP contribution < -0.4 is 9.64 Å². The summed E-state index contributed by atoms with van der Waals surface area (Å²) in [6.45, 7) is 0. The van der Waals surface area contributed by atoms with Crippen molar-refractivity contribution in [3.05, 3.63) is 91.0 Å². The van der Waals surface area contributed by atoms with Gasteiger partial charge in [-0.25, -0.2) is 4.98 Å². The largest absolute Gasteiger partial charge is 0.387 e. The number of para-hydroxylation sites is 1. The highest BCUT2D eigenvalue weighted by atomic mass is 16.5. The summed E-state index contributed by atoms with van der Waals surface area (Å²) in [7, 11) is 4.05. The van der Waals surface area contributed by atoms with Crippen LogP contribution in [0.25, 0.3) is 33.6 Å². The first-order chi connectivity index (χ1) is 14.7. The van der Waals surface area contributed by atoms with Gasteiger partial charge in [-0.15, -0.1) is 5.26 Å². The minimum absolute atomic E-state index is 0.492. The Bertz CT molecular complexity index is 1190. The maximum atomic E-state index is 9.03. The lowest BCUT2D eigenvalue weighted by Crippen LogP contribution is -2.07. The van der Waals surface area contributed by atoms with Gasteiger partial charge in [-0.2, -0.15) is 0 Å². The molecule has 0 aliphatic rings. The monoisotopic (exact) mass is 391 g/mol. The van der Waals surface area contributed by atoms with E-state index in [1.54, 1.807) is 12.3 Å². The molecule has 146 valence electrons. The Labute approximate surface area is 176 Å². The SMILES string of the molecule is CN(C)c1ccc(-c2cc(-c3ccccc3)nc(-c3ccccc3OC#N)c2)cc1. The fourth-order valence-corrected chi connectivity index (χ4v) is 3.36. The van der Waals surface area contributed by atoms with Gasteiger partial charge in [-0.3, -0.25) is 0 Å². The molecule has 3 aromatic carbocycles. The van der Waals surface area contributed by atoms with Gasteiger partial charge in [-0.1, -0.05) is 54.6 Å². The van der Waals surface area contributed by atoms with Gasteiger partial charge in [-0.05, 0) is 47.5 Å². The van der Waals surface area contributed by atoms with Crippen LogP contribution in [-0.2, 0) is 0 Å². The fraction of sp³-hybridized carbons (Fsp3) is 0.0769. The minimum Gasteiger partial charge on any atom is -0.387 e. The molecule has 0 aliphatic heterocycles. The maximum Gasteiger partial charge on any atom is 0.292 e. The van der Waals surface area contributed by atoms with Crippen LogP contribution in [-0.4, -0.2) is 19.1 Å². The molecule has 0 bridgehead atoms. The lowest BCUT2D eigenvalue weighted by atomic mass is 9.99. The van der Waals surface area contributed by atoms with Crippen LogP contribution >= 0.6 is 0 Å².